The number of unbranched alkanes of at least 4 members (excludes halogenated alkanes) is 2. The van der Waals surface area contributed by atoms with Gasteiger partial charge in [0, 0.05) is 5.02 Å². The van der Waals surface area contributed by atoms with E-state index < -0.39 is 0 Å². The standard InChI is InChI=1S/C11H16ClNOS/c12-11-8-4-3-7-10(11)6-2-1-5-9-14-15-13/h3-4,7-8H,1-2,5-6,9,13H2. The van der Waals surface area contributed by atoms with Crippen molar-refractivity contribution in [1.29, 1.82) is 0 Å². The maximum atomic E-state index is 6.04. The van der Waals surface area contributed by atoms with Crippen LogP contribution in [0.3, 0.4) is 0 Å². The average molecular weight is 246 g/mol. The van der Waals surface area contributed by atoms with Crippen LogP contribution in [0.25, 0.3) is 0 Å². The van der Waals surface area contributed by atoms with Crippen LogP contribution in [-0.4, -0.2) is 6.61 Å². The number of hydrogen-bond acceptors (Lipinski definition) is 3. The molecule has 0 saturated heterocycles. The summed E-state index contributed by atoms with van der Waals surface area (Å²) in [4.78, 5) is 0. The lowest BCUT2D eigenvalue weighted by atomic mass is 10.1. The van der Waals surface area contributed by atoms with Gasteiger partial charge in [-0.15, -0.1) is 0 Å². The van der Waals surface area contributed by atoms with Crippen molar-refractivity contribution >= 4 is 23.8 Å². The molecule has 0 aromatic heterocycles. The predicted octanol–water partition coefficient (Wildman–Crippen LogP) is 3.59. The summed E-state index contributed by atoms with van der Waals surface area (Å²) in [5.41, 5.74) is 1.23. The molecule has 2 N–H and O–H groups in total. The first-order valence-electron chi connectivity index (χ1n) is 5.06. The van der Waals surface area contributed by atoms with E-state index >= 15 is 0 Å². The Morgan fingerprint density at radius 2 is 2.00 bits per heavy atom. The van der Waals surface area contributed by atoms with E-state index in [4.69, 9.17) is 20.9 Å². The quantitative estimate of drug-likeness (QED) is 0.453. The van der Waals surface area contributed by atoms with Crippen LogP contribution in [0.5, 0.6) is 0 Å². The summed E-state index contributed by atoms with van der Waals surface area (Å²) in [6, 6.07) is 7.99. The van der Waals surface area contributed by atoms with Gasteiger partial charge >= 0.3 is 0 Å². The van der Waals surface area contributed by atoms with E-state index in [2.05, 4.69) is 6.07 Å². The van der Waals surface area contributed by atoms with E-state index in [9.17, 15) is 0 Å². The molecule has 0 radical (unpaired) electrons. The molecule has 0 amide bonds. The SMILES string of the molecule is NSOCCCCCc1ccccc1Cl. The highest BCUT2D eigenvalue weighted by atomic mass is 35.5. The highest BCUT2D eigenvalue weighted by Gasteiger charge is 1.98. The Hall–Kier alpha value is -0.220. The minimum Gasteiger partial charge on any atom is -0.301 e. The fourth-order valence-electron chi connectivity index (χ4n) is 1.40. The van der Waals surface area contributed by atoms with Gasteiger partial charge in [0.1, 0.15) is 0 Å². The fraction of sp³-hybridized carbons (Fsp3) is 0.455. The lowest BCUT2D eigenvalue weighted by Gasteiger charge is -2.03. The minimum atomic E-state index is 0.726. The second-order valence-corrected chi connectivity index (χ2v) is 4.16. The lowest BCUT2D eigenvalue weighted by Crippen LogP contribution is -1.92. The van der Waals surface area contributed by atoms with Gasteiger partial charge in [0.15, 0.2) is 0 Å². The number of rotatable bonds is 7. The van der Waals surface area contributed by atoms with Crippen molar-refractivity contribution in [1.82, 2.24) is 0 Å². The van der Waals surface area contributed by atoms with Crippen LogP contribution in [0.2, 0.25) is 5.02 Å². The van der Waals surface area contributed by atoms with E-state index in [0.717, 1.165) is 49.5 Å². The number of nitrogens with two attached hydrogens (primary N) is 1. The van der Waals surface area contributed by atoms with Gasteiger partial charge in [0.05, 0.1) is 18.8 Å². The summed E-state index contributed by atoms with van der Waals surface area (Å²) in [7, 11) is 0. The third-order valence-corrected chi connectivity index (χ3v) is 2.87. The molecule has 0 aliphatic rings. The maximum absolute atomic E-state index is 6.04. The van der Waals surface area contributed by atoms with Gasteiger partial charge in [0.2, 0.25) is 0 Å². The molecule has 0 heterocycles. The first kappa shape index (κ1) is 12.8. The van der Waals surface area contributed by atoms with Gasteiger partial charge in [-0.3, -0.25) is 5.14 Å². The van der Waals surface area contributed by atoms with Gasteiger partial charge in [-0.25, -0.2) is 0 Å². The van der Waals surface area contributed by atoms with Crippen LogP contribution < -0.4 is 5.14 Å². The Morgan fingerprint density at radius 3 is 2.73 bits per heavy atom. The van der Waals surface area contributed by atoms with Gasteiger partial charge < -0.3 is 4.18 Å². The Morgan fingerprint density at radius 1 is 1.20 bits per heavy atom. The molecule has 2 nitrogen and oxygen atoms in total. The molecule has 1 aromatic carbocycles. The zero-order valence-corrected chi connectivity index (χ0v) is 10.2. The molecule has 1 rings (SSSR count). The number of hydrogen-bond donors (Lipinski definition) is 1. The molecule has 0 spiro atoms. The lowest BCUT2D eigenvalue weighted by molar-refractivity contribution is 0.357. The molecular formula is C11H16ClNOS. The van der Waals surface area contributed by atoms with Gasteiger partial charge in [-0.05, 0) is 30.9 Å². The first-order chi connectivity index (χ1) is 7.34. The molecule has 1 aromatic rings. The fourth-order valence-corrected chi connectivity index (χ4v) is 1.85. The monoisotopic (exact) mass is 245 g/mol. The van der Waals surface area contributed by atoms with Gasteiger partial charge in [-0.2, -0.15) is 0 Å². The summed E-state index contributed by atoms with van der Waals surface area (Å²) in [6.07, 6.45) is 4.37. The van der Waals surface area contributed by atoms with Crippen molar-refractivity contribution in [3.05, 3.63) is 34.9 Å². The highest BCUT2D eigenvalue weighted by molar-refractivity contribution is 7.92. The Balaban J connectivity index is 2.12. The third kappa shape index (κ3) is 5.42. The van der Waals surface area contributed by atoms with Crippen LogP contribution in [0, 0.1) is 0 Å². The summed E-state index contributed by atoms with van der Waals surface area (Å²) in [5, 5.41) is 6.00. The van der Waals surface area contributed by atoms with Crippen molar-refractivity contribution in [3.63, 3.8) is 0 Å². The molecule has 0 unspecified atom stereocenters. The molecule has 15 heavy (non-hydrogen) atoms. The number of aryl methyl sites for hydroxylation is 1. The van der Waals surface area contributed by atoms with Crippen LogP contribution >= 0.6 is 23.8 Å². The van der Waals surface area contributed by atoms with Crippen molar-refractivity contribution in [2.45, 2.75) is 25.7 Å². The van der Waals surface area contributed by atoms with Crippen molar-refractivity contribution < 1.29 is 4.18 Å². The van der Waals surface area contributed by atoms with E-state index in [1.807, 2.05) is 18.2 Å². The second kappa shape index (κ2) is 7.99. The number of halogens is 1. The molecule has 4 heteroatoms. The maximum Gasteiger partial charge on any atom is 0.0758 e. The Kier molecular flexibility index (Phi) is 6.85. The molecule has 0 bridgehead atoms. The van der Waals surface area contributed by atoms with Crippen molar-refractivity contribution in [2.75, 3.05) is 6.61 Å². The van der Waals surface area contributed by atoms with E-state index in [-0.39, 0.29) is 0 Å². The minimum absolute atomic E-state index is 0.726. The van der Waals surface area contributed by atoms with Gasteiger partial charge in [-0.1, -0.05) is 36.2 Å². The molecule has 0 saturated carbocycles. The van der Waals surface area contributed by atoms with Crippen LogP contribution in [0.1, 0.15) is 24.8 Å². The summed E-state index contributed by atoms with van der Waals surface area (Å²) in [6.45, 7) is 0.726. The van der Waals surface area contributed by atoms with E-state index in [0.29, 0.717) is 0 Å². The third-order valence-electron chi connectivity index (χ3n) is 2.20. The average Bonchev–Trinajstić information content (AvgIpc) is 2.25. The summed E-state index contributed by atoms with van der Waals surface area (Å²) < 4.78 is 4.98. The number of benzene rings is 1. The molecule has 0 atom stereocenters. The molecule has 84 valence electrons. The van der Waals surface area contributed by atoms with Crippen LogP contribution in [0.4, 0.5) is 0 Å². The molecular weight excluding hydrogens is 230 g/mol. The molecule has 0 aliphatic heterocycles. The smallest absolute Gasteiger partial charge is 0.0758 e. The first-order valence-corrected chi connectivity index (χ1v) is 6.24. The summed E-state index contributed by atoms with van der Waals surface area (Å²) >= 11 is 6.98. The van der Waals surface area contributed by atoms with Gasteiger partial charge in [0.25, 0.3) is 0 Å². The van der Waals surface area contributed by atoms with E-state index in [1.54, 1.807) is 0 Å². The zero-order valence-electron chi connectivity index (χ0n) is 8.62. The predicted molar refractivity (Wildman–Crippen MR) is 66.7 cm³/mol. The Labute approximate surface area is 100 Å². The van der Waals surface area contributed by atoms with Crippen molar-refractivity contribution in [3.8, 4) is 0 Å². The zero-order chi connectivity index (χ0) is 10.9. The van der Waals surface area contributed by atoms with Crippen LogP contribution in [-0.2, 0) is 10.6 Å². The van der Waals surface area contributed by atoms with Crippen molar-refractivity contribution in [2.24, 2.45) is 5.14 Å². The molecule has 0 aliphatic carbocycles. The normalized spacial score (nSPS) is 10.5. The summed E-state index contributed by atoms with van der Waals surface area (Å²) in [5.74, 6) is 0. The van der Waals surface area contributed by atoms with E-state index in [1.165, 1.54) is 5.56 Å². The molecule has 0 fully saturated rings. The largest absolute Gasteiger partial charge is 0.301 e. The Bertz CT molecular complexity index is 283. The topological polar surface area (TPSA) is 35.2 Å². The second-order valence-electron chi connectivity index (χ2n) is 3.32. The highest BCUT2D eigenvalue weighted by Crippen LogP contribution is 2.17. The van der Waals surface area contributed by atoms with Crippen LogP contribution in [0.15, 0.2) is 24.3 Å².